The van der Waals surface area contributed by atoms with Crippen LogP contribution in [-0.2, 0) is 18.7 Å². The fourth-order valence-corrected chi connectivity index (χ4v) is 5.44. The van der Waals surface area contributed by atoms with Crippen molar-refractivity contribution in [1.82, 2.24) is 4.98 Å². The summed E-state index contributed by atoms with van der Waals surface area (Å²) in [5.41, 5.74) is 6.30. The van der Waals surface area contributed by atoms with Crippen LogP contribution in [-0.4, -0.2) is 30.6 Å². The lowest BCUT2D eigenvalue weighted by Gasteiger charge is -2.27. The van der Waals surface area contributed by atoms with Gasteiger partial charge < -0.3 is 14.5 Å². The van der Waals surface area contributed by atoms with Gasteiger partial charge in [0.1, 0.15) is 11.3 Å². The van der Waals surface area contributed by atoms with E-state index >= 15 is 0 Å². The Morgan fingerprint density at radius 2 is 1.95 bits per heavy atom. The number of esters is 2. The molecule has 196 valence electrons. The Morgan fingerprint density at radius 1 is 1.18 bits per heavy atom. The molecular formula is C32H34NO5+. The van der Waals surface area contributed by atoms with E-state index in [0.29, 0.717) is 34.7 Å². The number of rotatable bonds is 6. The smallest absolute Gasteiger partial charge is 0.496 e. The molecule has 3 heterocycles. The molecule has 0 saturated carbocycles. The van der Waals surface area contributed by atoms with E-state index in [1.165, 1.54) is 0 Å². The molecule has 0 aliphatic carbocycles. The maximum atomic E-state index is 13.3. The zero-order valence-corrected chi connectivity index (χ0v) is 22.8. The molecule has 2 aliphatic rings. The lowest BCUT2D eigenvalue weighted by Crippen LogP contribution is -2.33. The van der Waals surface area contributed by atoms with Crippen molar-refractivity contribution >= 4 is 28.9 Å². The largest absolute Gasteiger partial charge is 0.506 e. The number of carbonyl (C=O) groups is 1. The highest BCUT2D eigenvalue weighted by atomic mass is 16.6. The van der Waals surface area contributed by atoms with Crippen LogP contribution < -0.4 is 4.74 Å². The maximum absolute atomic E-state index is 13.3. The molecule has 6 heteroatoms. The van der Waals surface area contributed by atoms with Crippen molar-refractivity contribution in [2.75, 3.05) is 13.7 Å². The lowest BCUT2D eigenvalue weighted by molar-refractivity contribution is -0.396. The zero-order valence-electron chi connectivity index (χ0n) is 22.8. The van der Waals surface area contributed by atoms with E-state index in [2.05, 4.69) is 37.5 Å². The van der Waals surface area contributed by atoms with Crippen LogP contribution in [0.4, 0.5) is 0 Å². The van der Waals surface area contributed by atoms with Crippen molar-refractivity contribution in [3.63, 3.8) is 0 Å². The van der Waals surface area contributed by atoms with Gasteiger partial charge >= 0.3 is 11.9 Å². The average Bonchev–Trinajstić information content (AvgIpc) is 3.38. The second-order valence-electron chi connectivity index (χ2n) is 10.1. The third-order valence-corrected chi connectivity index (χ3v) is 7.41. The summed E-state index contributed by atoms with van der Waals surface area (Å²) in [6.07, 6.45) is 2.00. The standard InChI is InChI=1S/C32H34NO5/c1-8-36-31(34)29-20(6)37-32-28(30(29)23-14-13-21(17(2)3)15-27(23)35-7)18(4)26(38-32)16-24-19(5)33-25-12-10-9-11-22(24)25/h9-17,28,30,33H,4,8H2,1-3,5-7H3/q+1/b26-16-. The molecule has 0 spiro atoms. The third-order valence-electron chi connectivity index (χ3n) is 7.41. The van der Waals surface area contributed by atoms with Gasteiger partial charge in [0.15, 0.2) is 5.92 Å². The Bertz CT molecular complexity index is 1530. The van der Waals surface area contributed by atoms with E-state index in [9.17, 15) is 4.79 Å². The van der Waals surface area contributed by atoms with Crippen molar-refractivity contribution in [3.05, 3.63) is 94.1 Å². The molecule has 6 nitrogen and oxygen atoms in total. The highest BCUT2D eigenvalue weighted by molar-refractivity contribution is 5.97. The number of H-pyrrole nitrogens is 1. The normalized spacial score (nSPS) is 20.1. The van der Waals surface area contributed by atoms with E-state index in [1.807, 2.05) is 43.3 Å². The van der Waals surface area contributed by atoms with Crippen LogP contribution in [0.15, 0.2) is 71.7 Å². The van der Waals surface area contributed by atoms with Gasteiger partial charge in [0.25, 0.3) is 5.76 Å². The minimum atomic E-state index is -0.448. The van der Waals surface area contributed by atoms with Crippen LogP contribution in [0.2, 0.25) is 0 Å². The Kier molecular flexibility index (Phi) is 6.74. The highest BCUT2D eigenvalue weighted by Gasteiger charge is 2.55. The predicted octanol–water partition coefficient (Wildman–Crippen LogP) is 6.85. The number of fused-ring (bicyclic) bond motifs is 2. The summed E-state index contributed by atoms with van der Waals surface area (Å²) in [5.74, 6) is 1.21. The molecule has 0 saturated heterocycles. The van der Waals surface area contributed by atoms with Gasteiger partial charge in [-0.1, -0.05) is 50.8 Å². The van der Waals surface area contributed by atoms with Gasteiger partial charge in [-0.25, -0.2) is 4.79 Å². The number of methoxy groups -OCH3 is 1. The SMILES string of the molecule is C=C1/C(=C/c2c(C)[nH]c3ccccc23)[O+]=C2OC(C)=C(C(=O)OCC)C(c3ccc(C(C)C)cc3OC)C12. The third kappa shape index (κ3) is 4.24. The van der Waals surface area contributed by atoms with Crippen molar-refractivity contribution in [1.29, 1.82) is 0 Å². The zero-order chi connectivity index (χ0) is 27.1. The number of nitrogens with one attached hydrogen (secondary N) is 1. The number of ether oxygens (including phenoxy) is 3. The van der Waals surface area contributed by atoms with E-state index < -0.39 is 17.8 Å². The van der Waals surface area contributed by atoms with Crippen LogP contribution in [0.5, 0.6) is 5.75 Å². The molecule has 3 aromatic rings. The number of aromatic amines is 1. The number of benzene rings is 2. The molecule has 0 bridgehead atoms. The highest BCUT2D eigenvalue weighted by Crippen LogP contribution is 2.49. The van der Waals surface area contributed by atoms with Crippen molar-refractivity contribution < 1.29 is 23.4 Å². The molecule has 1 N–H and O–H groups in total. The van der Waals surface area contributed by atoms with Gasteiger partial charge in [-0.3, -0.25) is 9.16 Å². The first kappa shape index (κ1) is 25.6. The molecule has 5 rings (SSSR count). The number of aromatic nitrogens is 1. The lowest BCUT2D eigenvalue weighted by atomic mass is 9.74. The molecule has 0 radical (unpaired) electrons. The summed E-state index contributed by atoms with van der Waals surface area (Å²) in [7, 11) is 1.65. The quantitative estimate of drug-likeness (QED) is 0.290. The van der Waals surface area contributed by atoms with Crippen molar-refractivity contribution in [3.8, 4) is 5.75 Å². The molecule has 2 atom stereocenters. The number of aryl methyl sites for hydroxylation is 1. The van der Waals surface area contributed by atoms with Crippen molar-refractivity contribution in [2.45, 2.75) is 46.5 Å². The average molecular weight is 513 g/mol. The van der Waals surface area contributed by atoms with Gasteiger partial charge in [0, 0.05) is 52.2 Å². The molecule has 2 unspecified atom stereocenters. The van der Waals surface area contributed by atoms with Crippen LogP contribution in [0.25, 0.3) is 17.0 Å². The topological polar surface area (TPSA) is 71.9 Å². The van der Waals surface area contributed by atoms with E-state index in [4.69, 9.17) is 18.6 Å². The van der Waals surface area contributed by atoms with E-state index in [0.717, 1.165) is 38.9 Å². The molecule has 1 aromatic heterocycles. The first-order valence-corrected chi connectivity index (χ1v) is 13.0. The predicted molar refractivity (Wildman–Crippen MR) is 149 cm³/mol. The number of allylic oxidation sites excluding steroid dienone is 2. The second kappa shape index (κ2) is 10.0. The minimum Gasteiger partial charge on any atom is -0.496 e. The Balaban J connectivity index is 1.66. The maximum Gasteiger partial charge on any atom is 0.506 e. The molecule has 38 heavy (non-hydrogen) atoms. The summed E-state index contributed by atoms with van der Waals surface area (Å²) in [6, 6.07) is 14.3. The molecule has 0 fully saturated rings. The van der Waals surface area contributed by atoms with Gasteiger partial charge in [0.2, 0.25) is 5.76 Å². The van der Waals surface area contributed by atoms with E-state index in [-0.39, 0.29) is 6.61 Å². The number of carbonyl (C=O) groups excluding carboxylic acids is 2. The summed E-state index contributed by atoms with van der Waals surface area (Å²) >= 11 is 0. The van der Waals surface area contributed by atoms with Crippen molar-refractivity contribution in [2.24, 2.45) is 5.92 Å². The Labute approximate surface area is 223 Å². The Hall–Kier alpha value is -4.06. The first-order valence-electron chi connectivity index (χ1n) is 13.0. The molecule has 2 aromatic carbocycles. The summed E-state index contributed by atoms with van der Waals surface area (Å²) in [6.45, 7) is 14.6. The summed E-state index contributed by atoms with van der Waals surface area (Å²) in [5, 5.41) is 1.10. The fraction of sp³-hybridized carbons (Fsp3) is 0.312. The number of para-hydroxylation sites is 1. The number of hydrogen-bond donors (Lipinski definition) is 1. The van der Waals surface area contributed by atoms with Gasteiger partial charge in [-0.2, -0.15) is 0 Å². The van der Waals surface area contributed by atoms with Gasteiger partial charge in [0.05, 0.1) is 13.7 Å². The number of hydrogen-bond acceptors (Lipinski definition) is 4. The fourth-order valence-electron chi connectivity index (χ4n) is 5.44. The Morgan fingerprint density at radius 3 is 2.66 bits per heavy atom. The molecule has 0 amide bonds. The van der Waals surface area contributed by atoms with Crippen LogP contribution in [0, 0.1) is 12.8 Å². The molecule has 2 aliphatic heterocycles. The van der Waals surface area contributed by atoms with Gasteiger partial charge in [-0.05, 0) is 37.5 Å². The van der Waals surface area contributed by atoms with Crippen LogP contribution in [0.3, 0.4) is 0 Å². The molecular weight excluding hydrogens is 478 g/mol. The minimum absolute atomic E-state index is 0.259. The van der Waals surface area contributed by atoms with Crippen LogP contribution in [0.1, 0.15) is 61.9 Å². The van der Waals surface area contributed by atoms with E-state index in [1.54, 1.807) is 21.0 Å². The van der Waals surface area contributed by atoms with Crippen LogP contribution >= 0.6 is 0 Å². The summed E-state index contributed by atoms with van der Waals surface area (Å²) in [4.78, 5) is 16.7. The van der Waals surface area contributed by atoms with Gasteiger partial charge in [-0.15, -0.1) is 0 Å². The summed E-state index contributed by atoms with van der Waals surface area (Å²) < 4.78 is 23.8. The second-order valence-corrected chi connectivity index (χ2v) is 10.1. The first-order chi connectivity index (χ1) is 18.2. The monoisotopic (exact) mass is 512 g/mol.